The van der Waals surface area contributed by atoms with E-state index in [1.807, 2.05) is 35.2 Å². The highest BCUT2D eigenvalue weighted by Crippen LogP contribution is 2.30. The number of aliphatic hydroxyl groups is 2. The number of imidazole rings is 1. The number of hydrogen-bond donors (Lipinski definition) is 3. The number of rotatable bonds is 3. The molecule has 146 valence electrons. The Labute approximate surface area is 159 Å². The topological polar surface area (TPSA) is 118 Å². The molecule has 3 atom stereocenters. The molecule has 1 saturated heterocycles. The molecule has 0 spiro atoms. The van der Waals surface area contributed by atoms with E-state index in [4.69, 9.17) is 4.74 Å². The Bertz CT molecular complexity index is 1070. The van der Waals surface area contributed by atoms with Crippen molar-refractivity contribution in [2.24, 2.45) is 0 Å². The second-order valence-corrected chi connectivity index (χ2v) is 6.96. The molecule has 0 aliphatic carbocycles. The molecule has 0 bridgehead atoms. The summed E-state index contributed by atoms with van der Waals surface area (Å²) in [7, 11) is 0. The van der Waals surface area contributed by atoms with Gasteiger partial charge < -0.3 is 25.2 Å². The number of para-hydroxylation sites is 1. The molecule has 0 unspecified atom stereocenters. The van der Waals surface area contributed by atoms with Gasteiger partial charge in [0.05, 0.1) is 25.7 Å². The van der Waals surface area contributed by atoms with Crippen molar-refractivity contribution in [2.45, 2.75) is 31.5 Å². The highest BCUT2D eigenvalue weighted by atomic mass is 16.5. The summed E-state index contributed by atoms with van der Waals surface area (Å²) >= 11 is 0. The van der Waals surface area contributed by atoms with Gasteiger partial charge >= 0.3 is 0 Å². The van der Waals surface area contributed by atoms with Gasteiger partial charge in [0.1, 0.15) is 19.0 Å². The lowest BCUT2D eigenvalue weighted by Crippen LogP contribution is -2.42. The van der Waals surface area contributed by atoms with Crippen molar-refractivity contribution in [3.05, 3.63) is 47.0 Å². The molecule has 0 amide bonds. The fraction of sp³-hybridized carbons (Fsp3) is 0.389. The lowest BCUT2D eigenvalue weighted by atomic mass is 10.2. The zero-order chi connectivity index (χ0) is 19.3. The Morgan fingerprint density at radius 3 is 2.86 bits per heavy atom. The molecule has 0 radical (unpaired) electrons. The molecule has 3 aromatic rings. The lowest BCUT2D eigenvalue weighted by molar-refractivity contribution is -0.0432. The van der Waals surface area contributed by atoms with Crippen LogP contribution in [0.3, 0.4) is 0 Å². The number of nitrogens with zero attached hydrogens (tertiary/aromatic N) is 5. The van der Waals surface area contributed by atoms with Gasteiger partial charge in [-0.1, -0.05) is 18.2 Å². The van der Waals surface area contributed by atoms with Crippen LogP contribution in [0, 0.1) is 0 Å². The SMILES string of the molecule is O=c1c2ncn([C@H]3C[C@H](O)[C@@H](CO)O3)c2nc2n1CN(c1ccccc1)CN2. The largest absolute Gasteiger partial charge is 0.394 e. The summed E-state index contributed by atoms with van der Waals surface area (Å²) in [5, 5.41) is 22.5. The maximum absolute atomic E-state index is 13.0. The van der Waals surface area contributed by atoms with Gasteiger partial charge in [-0.05, 0) is 12.1 Å². The van der Waals surface area contributed by atoms with E-state index in [1.165, 1.54) is 6.33 Å². The van der Waals surface area contributed by atoms with Crippen LogP contribution in [-0.2, 0) is 11.4 Å². The Balaban J connectivity index is 1.51. The second kappa shape index (κ2) is 6.59. The second-order valence-electron chi connectivity index (χ2n) is 6.96. The molecule has 0 saturated carbocycles. The average Bonchev–Trinajstić information content (AvgIpc) is 3.31. The average molecular weight is 384 g/mol. The number of anilines is 2. The van der Waals surface area contributed by atoms with E-state index in [-0.39, 0.29) is 17.7 Å². The molecule has 1 fully saturated rings. The van der Waals surface area contributed by atoms with Crippen LogP contribution >= 0.6 is 0 Å². The highest BCUT2D eigenvalue weighted by molar-refractivity contribution is 5.71. The van der Waals surface area contributed by atoms with Crippen molar-refractivity contribution in [1.29, 1.82) is 0 Å². The van der Waals surface area contributed by atoms with Gasteiger partial charge in [-0.15, -0.1) is 0 Å². The third kappa shape index (κ3) is 2.65. The predicted molar refractivity (Wildman–Crippen MR) is 101 cm³/mol. The maximum atomic E-state index is 13.0. The maximum Gasteiger partial charge on any atom is 0.284 e. The number of nitrogens with one attached hydrogen (secondary N) is 1. The molecule has 10 heteroatoms. The first kappa shape index (κ1) is 17.2. The van der Waals surface area contributed by atoms with Gasteiger partial charge in [-0.3, -0.25) is 13.9 Å². The smallest absolute Gasteiger partial charge is 0.284 e. The summed E-state index contributed by atoms with van der Waals surface area (Å²) in [5.74, 6) is 0.462. The normalized spacial score (nSPS) is 24.4. The van der Waals surface area contributed by atoms with Gasteiger partial charge in [0.25, 0.3) is 5.56 Å². The van der Waals surface area contributed by atoms with Crippen molar-refractivity contribution >= 4 is 22.8 Å². The molecule has 28 heavy (non-hydrogen) atoms. The van der Waals surface area contributed by atoms with Crippen molar-refractivity contribution in [1.82, 2.24) is 19.1 Å². The van der Waals surface area contributed by atoms with Crippen molar-refractivity contribution in [3.63, 3.8) is 0 Å². The zero-order valence-electron chi connectivity index (χ0n) is 15.0. The molecule has 4 heterocycles. The fourth-order valence-electron chi connectivity index (χ4n) is 3.73. The number of aliphatic hydroxyl groups excluding tert-OH is 2. The van der Waals surface area contributed by atoms with Crippen molar-refractivity contribution in [3.8, 4) is 0 Å². The highest BCUT2D eigenvalue weighted by Gasteiger charge is 2.35. The summed E-state index contributed by atoms with van der Waals surface area (Å²) in [6, 6.07) is 9.82. The van der Waals surface area contributed by atoms with Crippen molar-refractivity contribution < 1.29 is 14.9 Å². The Kier molecular flexibility index (Phi) is 4.04. The van der Waals surface area contributed by atoms with Crippen LogP contribution in [0.4, 0.5) is 11.6 Å². The Morgan fingerprint density at radius 2 is 2.11 bits per heavy atom. The number of ether oxygens (including phenoxy) is 1. The number of hydrogen-bond acceptors (Lipinski definition) is 8. The summed E-state index contributed by atoms with van der Waals surface area (Å²) in [6.45, 7) is 0.611. The molecule has 2 aromatic heterocycles. The predicted octanol–water partition coefficient (Wildman–Crippen LogP) is 0.0808. The minimum absolute atomic E-state index is 0.242. The summed E-state index contributed by atoms with van der Waals surface area (Å²) in [5.41, 5.74) is 1.39. The molecule has 2 aliphatic rings. The van der Waals surface area contributed by atoms with Crippen LogP contribution in [0.25, 0.3) is 11.2 Å². The molecule has 1 aromatic carbocycles. The van der Waals surface area contributed by atoms with Gasteiger partial charge in [0, 0.05) is 12.1 Å². The molecule has 5 rings (SSSR count). The summed E-state index contributed by atoms with van der Waals surface area (Å²) in [4.78, 5) is 23.9. The fourth-order valence-corrected chi connectivity index (χ4v) is 3.73. The Hall–Kier alpha value is -2.95. The lowest BCUT2D eigenvalue weighted by Gasteiger charge is -2.31. The molecule has 2 aliphatic heterocycles. The van der Waals surface area contributed by atoms with Gasteiger partial charge in [0.2, 0.25) is 5.95 Å². The van der Waals surface area contributed by atoms with Crippen LogP contribution in [-0.4, -0.2) is 54.8 Å². The first-order chi connectivity index (χ1) is 13.7. The van der Waals surface area contributed by atoms with E-state index < -0.39 is 18.4 Å². The standard InChI is InChI=1S/C18H20N6O4/c25-7-13-12(26)6-14(28-13)23-9-19-15-16(23)21-18-20-8-22(10-24(18)17(15)27)11-4-2-1-3-5-11/h1-5,9,12-14,25-26H,6-8,10H2,(H,20,21)/t12-,13+,14+/m0/s1. The van der Waals surface area contributed by atoms with E-state index in [9.17, 15) is 15.0 Å². The van der Waals surface area contributed by atoms with Crippen LogP contribution < -0.4 is 15.8 Å². The van der Waals surface area contributed by atoms with Crippen LogP contribution in [0.15, 0.2) is 41.5 Å². The molecular weight excluding hydrogens is 364 g/mol. The minimum Gasteiger partial charge on any atom is -0.394 e. The van der Waals surface area contributed by atoms with Crippen LogP contribution in [0.5, 0.6) is 0 Å². The number of benzene rings is 1. The van der Waals surface area contributed by atoms with E-state index >= 15 is 0 Å². The first-order valence-corrected chi connectivity index (χ1v) is 9.11. The summed E-state index contributed by atoms with van der Waals surface area (Å²) < 4.78 is 8.87. The van der Waals surface area contributed by atoms with Crippen LogP contribution in [0.2, 0.25) is 0 Å². The van der Waals surface area contributed by atoms with Gasteiger partial charge in [0.15, 0.2) is 11.2 Å². The summed E-state index contributed by atoms with van der Waals surface area (Å²) in [6.07, 6.45) is -0.164. The van der Waals surface area contributed by atoms with E-state index in [1.54, 1.807) is 9.13 Å². The third-order valence-corrected chi connectivity index (χ3v) is 5.24. The van der Waals surface area contributed by atoms with Crippen molar-refractivity contribution in [2.75, 3.05) is 23.5 Å². The molecular formula is C18H20N6O4. The zero-order valence-corrected chi connectivity index (χ0v) is 15.0. The first-order valence-electron chi connectivity index (χ1n) is 9.11. The Morgan fingerprint density at radius 1 is 1.29 bits per heavy atom. The quantitative estimate of drug-likeness (QED) is 0.581. The van der Waals surface area contributed by atoms with Crippen LogP contribution in [0.1, 0.15) is 12.6 Å². The molecule has 10 nitrogen and oxygen atoms in total. The molecule has 3 N–H and O–H groups in total. The van der Waals surface area contributed by atoms with E-state index in [0.717, 1.165) is 5.69 Å². The third-order valence-electron chi connectivity index (χ3n) is 5.24. The van der Waals surface area contributed by atoms with Gasteiger partial charge in [-0.25, -0.2) is 4.98 Å². The van der Waals surface area contributed by atoms with Gasteiger partial charge in [-0.2, -0.15) is 4.98 Å². The number of fused-ring (bicyclic) bond motifs is 2. The minimum atomic E-state index is -0.774. The van der Waals surface area contributed by atoms with E-state index in [2.05, 4.69) is 15.3 Å². The van der Waals surface area contributed by atoms with E-state index in [0.29, 0.717) is 31.4 Å². The monoisotopic (exact) mass is 384 g/mol. The number of aromatic nitrogens is 4.